The Labute approximate surface area is 190 Å². The summed E-state index contributed by atoms with van der Waals surface area (Å²) in [7, 11) is 0. The fourth-order valence-electron chi connectivity index (χ4n) is 5.21. The number of aromatic amines is 1. The number of hydrogen-bond acceptors (Lipinski definition) is 3. The Kier molecular flexibility index (Phi) is 6.24. The SMILES string of the molecule is O=C(CCc1ccccc1)N1CCCC(CN2CCc3cc(-c4cn[nH]c4)ccc32)CC1. The number of fused-ring (bicyclic) bond motifs is 1. The fourth-order valence-corrected chi connectivity index (χ4v) is 5.21. The first-order valence-corrected chi connectivity index (χ1v) is 11.9. The van der Waals surface area contributed by atoms with Crippen LogP contribution in [0.3, 0.4) is 0 Å². The van der Waals surface area contributed by atoms with E-state index in [2.05, 4.69) is 50.3 Å². The Morgan fingerprint density at radius 3 is 2.78 bits per heavy atom. The molecule has 1 amide bonds. The van der Waals surface area contributed by atoms with Gasteiger partial charge in [0.15, 0.2) is 0 Å². The lowest BCUT2D eigenvalue weighted by Crippen LogP contribution is -2.33. The highest BCUT2D eigenvalue weighted by Gasteiger charge is 2.25. The molecular weight excluding hydrogens is 396 g/mol. The van der Waals surface area contributed by atoms with Gasteiger partial charge in [-0.2, -0.15) is 5.10 Å². The van der Waals surface area contributed by atoms with Gasteiger partial charge in [0.1, 0.15) is 0 Å². The molecule has 0 spiro atoms. The molecule has 0 bridgehead atoms. The number of nitrogens with one attached hydrogen (secondary N) is 1. The van der Waals surface area contributed by atoms with Gasteiger partial charge in [-0.05, 0) is 66.8 Å². The van der Waals surface area contributed by atoms with Gasteiger partial charge >= 0.3 is 0 Å². The van der Waals surface area contributed by atoms with Crippen molar-refractivity contribution >= 4 is 11.6 Å². The van der Waals surface area contributed by atoms with Crippen molar-refractivity contribution in [2.45, 2.75) is 38.5 Å². The highest BCUT2D eigenvalue weighted by Crippen LogP contribution is 2.33. The fraction of sp³-hybridized carbons (Fsp3) is 0.407. The summed E-state index contributed by atoms with van der Waals surface area (Å²) in [5.74, 6) is 0.967. The molecule has 3 aromatic rings. The van der Waals surface area contributed by atoms with Gasteiger partial charge in [0, 0.05) is 50.0 Å². The monoisotopic (exact) mass is 428 g/mol. The second-order valence-corrected chi connectivity index (χ2v) is 9.19. The van der Waals surface area contributed by atoms with Crippen LogP contribution in [0.1, 0.15) is 36.8 Å². The van der Waals surface area contributed by atoms with E-state index < -0.39 is 0 Å². The van der Waals surface area contributed by atoms with E-state index in [4.69, 9.17) is 0 Å². The van der Waals surface area contributed by atoms with Crippen molar-refractivity contribution in [3.8, 4) is 11.1 Å². The van der Waals surface area contributed by atoms with Crippen molar-refractivity contribution < 1.29 is 4.79 Å². The van der Waals surface area contributed by atoms with Crippen molar-refractivity contribution in [1.82, 2.24) is 15.1 Å². The summed E-state index contributed by atoms with van der Waals surface area (Å²) in [6.07, 6.45) is 9.83. The number of aryl methyl sites for hydroxylation is 1. The zero-order chi connectivity index (χ0) is 21.8. The minimum absolute atomic E-state index is 0.313. The topological polar surface area (TPSA) is 52.2 Å². The summed E-state index contributed by atoms with van der Waals surface area (Å²) >= 11 is 0. The van der Waals surface area contributed by atoms with Crippen LogP contribution in [0.2, 0.25) is 0 Å². The highest BCUT2D eigenvalue weighted by atomic mass is 16.2. The highest BCUT2D eigenvalue weighted by molar-refractivity contribution is 5.76. The zero-order valence-corrected chi connectivity index (χ0v) is 18.7. The van der Waals surface area contributed by atoms with Gasteiger partial charge in [-0.15, -0.1) is 0 Å². The largest absolute Gasteiger partial charge is 0.371 e. The number of rotatable bonds is 6. The molecule has 5 rings (SSSR count). The number of anilines is 1. The molecule has 3 heterocycles. The normalized spacial score (nSPS) is 18.4. The minimum atomic E-state index is 0.313. The maximum Gasteiger partial charge on any atom is 0.222 e. The lowest BCUT2D eigenvalue weighted by atomic mass is 10.00. The van der Waals surface area contributed by atoms with Gasteiger partial charge in [0.05, 0.1) is 6.20 Å². The van der Waals surface area contributed by atoms with Crippen LogP contribution >= 0.6 is 0 Å². The lowest BCUT2D eigenvalue weighted by Gasteiger charge is -2.25. The minimum Gasteiger partial charge on any atom is -0.371 e. The number of likely N-dealkylation sites (tertiary alicyclic amines) is 1. The molecule has 2 aromatic carbocycles. The molecule has 0 aliphatic carbocycles. The predicted octanol–water partition coefficient (Wildman–Crippen LogP) is 4.70. The summed E-state index contributed by atoms with van der Waals surface area (Å²) in [6.45, 7) is 4.01. The molecule has 166 valence electrons. The average molecular weight is 429 g/mol. The van der Waals surface area contributed by atoms with E-state index >= 15 is 0 Å². The Bertz CT molecular complexity index is 1030. The van der Waals surface area contributed by atoms with E-state index in [9.17, 15) is 4.79 Å². The smallest absolute Gasteiger partial charge is 0.222 e. The summed E-state index contributed by atoms with van der Waals surface area (Å²) in [5, 5.41) is 6.98. The van der Waals surface area contributed by atoms with Crippen LogP contribution in [0.5, 0.6) is 0 Å². The van der Waals surface area contributed by atoms with E-state index in [1.54, 1.807) is 0 Å². The Hall–Kier alpha value is -3.08. The van der Waals surface area contributed by atoms with Gasteiger partial charge in [0.2, 0.25) is 5.91 Å². The molecule has 5 heteroatoms. The van der Waals surface area contributed by atoms with Crippen molar-refractivity contribution in [2.24, 2.45) is 5.92 Å². The molecule has 0 radical (unpaired) electrons. The summed E-state index contributed by atoms with van der Waals surface area (Å²) in [5.41, 5.74) is 6.45. The quantitative estimate of drug-likeness (QED) is 0.619. The lowest BCUT2D eigenvalue weighted by molar-refractivity contribution is -0.131. The number of aromatic nitrogens is 2. The molecule has 5 nitrogen and oxygen atoms in total. The van der Waals surface area contributed by atoms with Gasteiger partial charge in [-0.25, -0.2) is 0 Å². The van der Waals surface area contributed by atoms with Gasteiger partial charge in [0.25, 0.3) is 0 Å². The first-order chi connectivity index (χ1) is 15.8. The number of benzene rings is 2. The maximum absolute atomic E-state index is 12.8. The summed E-state index contributed by atoms with van der Waals surface area (Å²) in [6, 6.07) is 17.1. The van der Waals surface area contributed by atoms with Gasteiger partial charge in [-0.3, -0.25) is 9.89 Å². The van der Waals surface area contributed by atoms with Crippen LogP contribution in [-0.2, 0) is 17.6 Å². The standard InChI is InChI=1S/C27H32N4O/c32-27(11-8-21-5-2-1-3-6-21)30-14-4-7-22(12-15-30)20-31-16-13-24-17-23(9-10-26(24)31)25-18-28-29-19-25/h1-3,5-6,9-10,17-19,22H,4,7-8,11-16,20H2,(H,28,29). The van der Waals surface area contributed by atoms with Crippen molar-refractivity contribution in [3.63, 3.8) is 0 Å². The second-order valence-electron chi connectivity index (χ2n) is 9.19. The molecule has 1 aromatic heterocycles. The van der Waals surface area contributed by atoms with Gasteiger partial charge < -0.3 is 9.80 Å². The summed E-state index contributed by atoms with van der Waals surface area (Å²) in [4.78, 5) is 17.4. The van der Waals surface area contributed by atoms with Crippen LogP contribution in [0.25, 0.3) is 11.1 Å². The van der Waals surface area contributed by atoms with Crippen LogP contribution in [0, 0.1) is 5.92 Å². The zero-order valence-electron chi connectivity index (χ0n) is 18.7. The first-order valence-electron chi connectivity index (χ1n) is 11.9. The Morgan fingerprint density at radius 1 is 1.03 bits per heavy atom. The molecular formula is C27H32N4O. The van der Waals surface area contributed by atoms with E-state index in [1.807, 2.05) is 30.6 Å². The van der Waals surface area contributed by atoms with E-state index in [1.165, 1.54) is 28.8 Å². The number of H-pyrrole nitrogens is 1. The predicted molar refractivity (Wildman–Crippen MR) is 129 cm³/mol. The number of nitrogens with zero attached hydrogens (tertiary/aromatic N) is 3. The molecule has 1 atom stereocenters. The number of carbonyl (C=O) groups excluding carboxylic acids is 1. The van der Waals surface area contributed by atoms with E-state index in [-0.39, 0.29) is 0 Å². The number of hydrogen-bond donors (Lipinski definition) is 1. The van der Waals surface area contributed by atoms with E-state index in [0.29, 0.717) is 18.2 Å². The third kappa shape index (κ3) is 4.72. The average Bonchev–Trinajstić information content (AvgIpc) is 3.44. The van der Waals surface area contributed by atoms with Gasteiger partial charge in [-0.1, -0.05) is 36.4 Å². The van der Waals surface area contributed by atoms with Crippen LogP contribution < -0.4 is 4.90 Å². The molecule has 1 saturated heterocycles. The van der Waals surface area contributed by atoms with E-state index in [0.717, 1.165) is 57.4 Å². The summed E-state index contributed by atoms with van der Waals surface area (Å²) < 4.78 is 0. The van der Waals surface area contributed by atoms with Crippen molar-refractivity contribution in [2.75, 3.05) is 31.1 Å². The first kappa shape index (κ1) is 20.8. The third-order valence-corrected chi connectivity index (χ3v) is 7.05. The number of carbonyl (C=O) groups is 1. The van der Waals surface area contributed by atoms with Crippen LogP contribution in [0.4, 0.5) is 5.69 Å². The maximum atomic E-state index is 12.8. The molecule has 2 aliphatic rings. The third-order valence-electron chi connectivity index (χ3n) is 7.05. The van der Waals surface area contributed by atoms with Crippen molar-refractivity contribution in [1.29, 1.82) is 0 Å². The molecule has 2 aliphatic heterocycles. The molecule has 1 fully saturated rings. The van der Waals surface area contributed by atoms with Crippen molar-refractivity contribution in [3.05, 3.63) is 72.1 Å². The molecule has 1 N–H and O–H groups in total. The molecule has 1 unspecified atom stereocenters. The Morgan fingerprint density at radius 2 is 1.94 bits per heavy atom. The van der Waals surface area contributed by atoms with Crippen LogP contribution in [0.15, 0.2) is 60.9 Å². The molecule has 0 saturated carbocycles. The number of amides is 1. The van der Waals surface area contributed by atoms with Crippen LogP contribution in [-0.4, -0.2) is 47.2 Å². The molecule has 32 heavy (non-hydrogen) atoms. The second kappa shape index (κ2) is 9.60. The Balaban J connectivity index is 1.15.